The number of H-pyrrole nitrogens is 1. The lowest BCUT2D eigenvalue weighted by Crippen LogP contribution is -2.06. The highest BCUT2D eigenvalue weighted by Crippen LogP contribution is 2.22. The van der Waals surface area contributed by atoms with Crippen LogP contribution in [0.4, 0.5) is 0 Å². The van der Waals surface area contributed by atoms with Gasteiger partial charge >= 0.3 is 5.97 Å². The summed E-state index contributed by atoms with van der Waals surface area (Å²) in [5, 5.41) is 0. The predicted octanol–water partition coefficient (Wildman–Crippen LogP) is 2.50. The number of carbonyl (C=O) groups is 2. The van der Waals surface area contributed by atoms with Gasteiger partial charge in [-0.05, 0) is 18.1 Å². The molecule has 1 heterocycles. The summed E-state index contributed by atoms with van der Waals surface area (Å²) < 4.78 is 5.20. The molecule has 0 radical (unpaired) electrons. The first-order chi connectivity index (χ1) is 9.24. The summed E-state index contributed by atoms with van der Waals surface area (Å²) >= 11 is 0. The molecule has 0 spiro atoms. The third-order valence-electron chi connectivity index (χ3n) is 3.23. The van der Waals surface area contributed by atoms with Crippen LogP contribution < -0.4 is 0 Å². The number of aryl methyl sites for hydroxylation is 1. The number of hydrogen-bond acceptors (Lipinski definition) is 3. The zero-order valence-corrected chi connectivity index (χ0v) is 10.3. The second-order valence-corrected chi connectivity index (χ2v) is 4.56. The Kier molecular flexibility index (Phi) is 2.91. The van der Waals surface area contributed by atoms with E-state index in [4.69, 9.17) is 4.74 Å². The van der Waals surface area contributed by atoms with Crippen LogP contribution in [-0.2, 0) is 17.8 Å². The number of benzene rings is 1. The molecule has 1 aromatic carbocycles. The molecular weight excluding hydrogens is 242 g/mol. The lowest BCUT2D eigenvalue weighted by Gasteiger charge is -2.03. The minimum absolute atomic E-state index is 0.0911. The zero-order valence-electron chi connectivity index (χ0n) is 10.3. The maximum Gasteiger partial charge on any atom is 0.355 e. The normalized spacial score (nSPS) is 13.4. The number of esters is 1. The van der Waals surface area contributed by atoms with Crippen LogP contribution in [0.1, 0.15) is 38.5 Å². The summed E-state index contributed by atoms with van der Waals surface area (Å²) in [5.41, 5.74) is 2.77. The van der Waals surface area contributed by atoms with Crippen molar-refractivity contribution in [1.82, 2.24) is 4.98 Å². The smallest absolute Gasteiger partial charge is 0.355 e. The molecule has 96 valence electrons. The molecule has 0 saturated carbocycles. The Bertz CT molecular complexity index is 628. The van der Waals surface area contributed by atoms with Crippen LogP contribution in [0.15, 0.2) is 36.4 Å². The van der Waals surface area contributed by atoms with Gasteiger partial charge in [0, 0.05) is 17.7 Å². The number of ether oxygens (including phenoxy) is 1. The molecule has 4 nitrogen and oxygen atoms in total. The van der Waals surface area contributed by atoms with E-state index in [1.807, 2.05) is 30.3 Å². The third kappa shape index (κ3) is 2.29. The van der Waals surface area contributed by atoms with Gasteiger partial charge in [0.15, 0.2) is 5.78 Å². The van der Waals surface area contributed by atoms with Crippen molar-refractivity contribution in [1.29, 1.82) is 0 Å². The number of Topliss-reactive ketones (excluding diaryl/α,β-unsaturated/α-hetero) is 1. The maximum atomic E-state index is 11.9. The summed E-state index contributed by atoms with van der Waals surface area (Å²) in [7, 11) is 0. The summed E-state index contributed by atoms with van der Waals surface area (Å²) in [6.45, 7) is 0.233. The van der Waals surface area contributed by atoms with Crippen molar-refractivity contribution in [2.75, 3.05) is 0 Å². The van der Waals surface area contributed by atoms with Crippen LogP contribution in [0.3, 0.4) is 0 Å². The Morgan fingerprint density at radius 1 is 1.21 bits per heavy atom. The second-order valence-electron chi connectivity index (χ2n) is 4.56. The van der Waals surface area contributed by atoms with Gasteiger partial charge in [0.2, 0.25) is 0 Å². The summed E-state index contributed by atoms with van der Waals surface area (Å²) in [6.07, 6.45) is 1.21. The molecule has 0 fully saturated rings. The molecule has 0 saturated heterocycles. The summed E-state index contributed by atoms with van der Waals surface area (Å²) in [5.74, 6) is -0.334. The molecular formula is C15H13NO3. The number of hydrogen-bond donors (Lipinski definition) is 1. The monoisotopic (exact) mass is 255 g/mol. The number of carbonyl (C=O) groups excluding carboxylic acids is 2. The van der Waals surface area contributed by atoms with Gasteiger partial charge in [-0.15, -0.1) is 0 Å². The molecule has 0 aliphatic heterocycles. The number of nitrogens with one attached hydrogen (secondary N) is 1. The van der Waals surface area contributed by atoms with E-state index in [9.17, 15) is 9.59 Å². The van der Waals surface area contributed by atoms with E-state index in [-0.39, 0.29) is 12.4 Å². The molecule has 0 unspecified atom stereocenters. The van der Waals surface area contributed by atoms with Gasteiger partial charge in [0.05, 0.1) is 0 Å². The SMILES string of the molecule is O=C(OCc1ccccc1)c1cc2c([nH]1)CCC2=O. The van der Waals surface area contributed by atoms with Gasteiger partial charge in [0.1, 0.15) is 12.3 Å². The fourth-order valence-electron chi connectivity index (χ4n) is 2.23. The van der Waals surface area contributed by atoms with Gasteiger partial charge in [0.25, 0.3) is 0 Å². The quantitative estimate of drug-likeness (QED) is 0.857. The van der Waals surface area contributed by atoms with Crippen LogP contribution in [0.5, 0.6) is 0 Å². The van der Waals surface area contributed by atoms with E-state index in [1.54, 1.807) is 6.07 Å². The molecule has 2 aromatic rings. The van der Waals surface area contributed by atoms with E-state index in [0.717, 1.165) is 11.3 Å². The summed E-state index contributed by atoms with van der Waals surface area (Å²) in [4.78, 5) is 26.3. The minimum atomic E-state index is -0.425. The van der Waals surface area contributed by atoms with Crippen LogP contribution in [-0.4, -0.2) is 16.7 Å². The first kappa shape index (κ1) is 11.7. The Morgan fingerprint density at radius 3 is 2.74 bits per heavy atom. The lowest BCUT2D eigenvalue weighted by molar-refractivity contribution is 0.0466. The van der Waals surface area contributed by atoms with Crippen molar-refractivity contribution >= 4 is 11.8 Å². The Morgan fingerprint density at radius 2 is 2.00 bits per heavy atom. The minimum Gasteiger partial charge on any atom is -0.456 e. The van der Waals surface area contributed by atoms with Crippen molar-refractivity contribution in [2.24, 2.45) is 0 Å². The Hall–Kier alpha value is -2.36. The molecule has 1 aromatic heterocycles. The number of aromatic nitrogens is 1. The lowest BCUT2D eigenvalue weighted by atomic mass is 10.2. The summed E-state index contributed by atoms with van der Waals surface area (Å²) in [6, 6.07) is 11.1. The van der Waals surface area contributed by atoms with Crippen molar-refractivity contribution in [3.05, 3.63) is 58.9 Å². The van der Waals surface area contributed by atoms with E-state index >= 15 is 0 Å². The van der Waals surface area contributed by atoms with E-state index in [2.05, 4.69) is 4.98 Å². The van der Waals surface area contributed by atoms with E-state index in [0.29, 0.717) is 24.1 Å². The van der Waals surface area contributed by atoms with Gasteiger partial charge in [-0.2, -0.15) is 0 Å². The molecule has 4 heteroatoms. The van der Waals surface area contributed by atoms with Gasteiger partial charge in [-0.1, -0.05) is 30.3 Å². The Labute approximate surface area is 110 Å². The first-order valence-corrected chi connectivity index (χ1v) is 6.20. The molecule has 1 N–H and O–H groups in total. The fourth-order valence-corrected chi connectivity index (χ4v) is 2.23. The van der Waals surface area contributed by atoms with E-state index < -0.39 is 5.97 Å². The molecule has 1 aliphatic rings. The van der Waals surface area contributed by atoms with Gasteiger partial charge in [-0.25, -0.2) is 4.79 Å². The van der Waals surface area contributed by atoms with E-state index in [1.165, 1.54) is 0 Å². The molecule has 0 bridgehead atoms. The molecule has 19 heavy (non-hydrogen) atoms. The van der Waals surface area contributed by atoms with Crippen molar-refractivity contribution < 1.29 is 14.3 Å². The average molecular weight is 255 g/mol. The number of fused-ring (bicyclic) bond motifs is 1. The number of ketones is 1. The topological polar surface area (TPSA) is 59.2 Å². The predicted molar refractivity (Wildman–Crippen MR) is 69.0 cm³/mol. The highest BCUT2D eigenvalue weighted by atomic mass is 16.5. The zero-order chi connectivity index (χ0) is 13.2. The highest BCUT2D eigenvalue weighted by Gasteiger charge is 2.24. The standard InChI is InChI=1S/C15H13NO3/c17-14-7-6-12-11(14)8-13(16-12)15(18)19-9-10-4-2-1-3-5-10/h1-5,8,16H,6-7,9H2. The number of rotatable bonds is 3. The van der Waals surface area contributed by atoms with Crippen LogP contribution >= 0.6 is 0 Å². The third-order valence-corrected chi connectivity index (χ3v) is 3.23. The fraction of sp³-hybridized carbons (Fsp3) is 0.200. The van der Waals surface area contributed by atoms with Crippen molar-refractivity contribution in [2.45, 2.75) is 19.4 Å². The average Bonchev–Trinajstić information content (AvgIpc) is 3.00. The van der Waals surface area contributed by atoms with Crippen LogP contribution in [0.25, 0.3) is 0 Å². The van der Waals surface area contributed by atoms with Gasteiger partial charge < -0.3 is 9.72 Å². The maximum absolute atomic E-state index is 11.9. The largest absolute Gasteiger partial charge is 0.456 e. The first-order valence-electron chi connectivity index (χ1n) is 6.20. The van der Waals surface area contributed by atoms with Gasteiger partial charge in [-0.3, -0.25) is 4.79 Å². The van der Waals surface area contributed by atoms with Crippen molar-refractivity contribution in [3.63, 3.8) is 0 Å². The molecule has 3 rings (SSSR count). The Balaban J connectivity index is 1.68. The second kappa shape index (κ2) is 4.72. The van der Waals surface area contributed by atoms with Crippen LogP contribution in [0, 0.1) is 0 Å². The molecule has 0 amide bonds. The number of aromatic amines is 1. The highest BCUT2D eigenvalue weighted by molar-refractivity contribution is 6.02. The molecule has 0 atom stereocenters. The molecule has 1 aliphatic carbocycles. The van der Waals surface area contributed by atoms with Crippen LogP contribution in [0.2, 0.25) is 0 Å². The van der Waals surface area contributed by atoms with Crippen molar-refractivity contribution in [3.8, 4) is 0 Å².